The van der Waals surface area contributed by atoms with Gasteiger partial charge in [0.05, 0.1) is 20.4 Å². The number of para-hydroxylation sites is 1. The van der Waals surface area contributed by atoms with Crippen LogP contribution in [-0.4, -0.2) is 24.4 Å². The molecule has 0 radical (unpaired) electrons. The fourth-order valence-corrected chi connectivity index (χ4v) is 2.17. The molecule has 0 aliphatic carbocycles. The van der Waals surface area contributed by atoms with E-state index in [0.29, 0.717) is 11.5 Å². The number of nitrogens with zero attached hydrogens (tertiary/aromatic N) is 1. The smallest absolute Gasteiger partial charge is 0.173 e. The molecular weight excluding hydrogens is 280 g/mol. The second-order valence-electron chi connectivity index (χ2n) is 4.59. The van der Waals surface area contributed by atoms with E-state index in [1.165, 1.54) is 0 Å². The van der Waals surface area contributed by atoms with Crippen molar-refractivity contribution in [2.45, 2.75) is 0 Å². The van der Waals surface area contributed by atoms with Crippen LogP contribution < -0.4 is 14.2 Å². The predicted molar refractivity (Wildman–Crippen MR) is 83.6 cm³/mol. The molecule has 0 fully saturated rings. The number of methoxy groups -OCH3 is 2. The molecule has 0 unspecified atom stereocenters. The molecule has 3 rings (SSSR count). The average Bonchev–Trinajstić information content (AvgIpc) is 3.03. The maximum absolute atomic E-state index is 5.88. The second-order valence-corrected chi connectivity index (χ2v) is 4.59. The Morgan fingerprint density at radius 2 is 1.68 bits per heavy atom. The van der Waals surface area contributed by atoms with E-state index in [1.54, 1.807) is 20.4 Å². The van der Waals surface area contributed by atoms with Crippen LogP contribution >= 0.6 is 0 Å². The summed E-state index contributed by atoms with van der Waals surface area (Å²) in [5.74, 6) is 2.79. The minimum Gasteiger partial charge on any atom is -0.497 e. The van der Waals surface area contributed by atoms with Crippen LogP contribution in [0.2, 0.25) is 0 Å². The summed E-state index contributed by atoms with van der Waals surface area (Å²) >= 11 is 0. The van der Waals surface area contributed by atoms with Crippen LogP contribution in [0.4, 0.5) is 0 Å². The number of rotatable bonds is 5. The van der Waals surface area contributed by atoms with Crippen molar-refractivity contribution < 1.29 is 14.2 Å². The van der Waals surface area contributed by atoms with Gasteiger partial charge in [0, 0.05) is 11.6 Å². The number of hydrogen-bond donors (Lipinski definition) is 1. The Balaban J connectivity index is 1.98. The predicted octanol–water partition coefficient (Wildman–Crippen LogP) is 3.89. The molecule has 1 N–H and O–H groups in total. The summed E-state index contributed by atoms with van der Waals surface area (Å²) in [7, 11) is 3.24. The molecule has 0 aliphatic heterocycles. The lowest BCUT2D eigenvalue weighted by atomic mass is 10.1. The Morgan fingerprint density at radius 3 is 2.41 bits per heavy atom. The van der Waals surface area contributed by atoms with E-state index in [1.807, 2.05) is 48.5 Å². The number of aromatic nitrogens is 2. The fourth-order valence-electron chi connectivity index (χ4n) is 2.17. The number of aromatic amines is 1. The first kappa shape index (κ1) is 14.0. The molecule has 5 nitrogen and oxygen atoms in total. The van der Waals surface area contributed by atoms with Gasteiger partial charge in [-0.3, -0.25) is 5.10 Å². The Labute approximate surface area is 128 Å². The van der Waals surface area contributed by atoms with Crippen molar-refractivity contribution in [3.63, 3.8) is 0 Å². The number of hydrogen-bond acceptors (Lipinski definition) is 4. The van der Waals surface area contributed by atoms with E-state index in [-0.39, 0.29) is 0 Å². The number of ether oxygens (including phenoxy) is 3. The van der Waals surface area contributed by atoms with Crippen molar-refractivity contribution in [2.75, 3.05) is 14.2 Å². The molecule has 0 atom stereocenters. The van der Waals surface area contributed by atoms with Crippen LogP contribution in [0.5, 0.6) is 23.0 Å². The van der Waals surface area contributed by atoms with Gasteiger partial charge in [-0.2, -0.15) is 5.10 Å². The van der Waals surface area contributed by atoms with Gasteiger partial charge >= 0.3 is 0 Å². The van der Waals surface area contributed by atoms with Crippen LogP contribution in [-0.2, 0) is 0 Å². The van der Waals surface area contributed by atoms with E-state index in [9.17, 15) is 0 Å². The van der Waals surface area contributed by atoms with Crippen LogP contribution in [0, 0.1) is 0 Å². The molecule has 22 heavy (non-hydrogen) atoms. The second kappa shape index (κ2) is 6.22. The summed E-state index contributed by atoms with van der Waals surface area (Å²) in [4.78, 5) is 0. The number of benzene rings is 2. The molecule has 0 aliphatic rings. The Hall–Kier alpha value is -2.95. The minimum absolute atomic E-state index is 0.634. The van der Waals surface area contributed by atoms with Crippen molar-refractivity contribution in [3.05, 3.63) is 54.7 Å². The molecular formula is C17H16N2O3. The highest BCUT2D eigenvalue weighted by Crippen LogP contribution is 2.38. The maximum atomic E-state index is 5.88. The lowest BCUT2D eigenvalue weighted by molar-refractivity contribution is 0.395. The van der Waals surface area contributed by atoms with Crippen molar-refractivity contribution >= 4 is 0 Å². The van der Waals surface area contributed by atoms with Crippen molar-refractivity contribution in [3.8, 4) is 34.3 Å². The van der Waals surface area contributed by atoms with Crippen LogP contribution in [0.3, 0.4) is 0 Å². The molecule has 1 aromatic heterocycles. The molecule has 1 heterocycles. The average molecular weight is 296 g/mol. The van der Waals surface area contributed by atoms with E-state index < -0.39 is 0 Å². The Bertz CT molecular complexity index is 754. The van der Waals surface area contributed by atoms with Gasteiger partial charge in [-0.05, 0) is 24.3 Å². The zero-order valence-corrected chi connectivity index (χ0v) is 12.4. The first-order valence-electron chi connectivity index (χ1n) is 6.80. The summed E-state index contributed by atoms with van der Waals surface area (Å²) < 4.78 is 16.5. The quantitative estimate of drug-likeness (QED) is 0.776. The van der Waals surface area contributed by atoms with Gasteiger partial charge in [-0.1, -0.05) is 18.2 Å². The first-order valence-corrected chi connectivity index (χ1v) is 6.80. The number of nitrogens with one attached hydrogen (secondary N) is 1. The Morgan fingerprint density at radius 1 is 0.864 bits per heavy atom. The van der Waals surface area contributed by atoms with E-state index >= 15 is 0 Å². The molecule has 5 heteroatoms. The van der Waals surface area contributed by atoms with Gasteiger partial charge < -0.3 is 14.2 Å². The largest absolute Gasteiger partial charge is 0.497 e. The lowest BCUT2D eigenvalue weighted by Crippen LogP contribution is -1.92. The third-order valence-electron chi connectivity index (χ3n) is 3.25. The highest BCUT2D eigenvalue weighted by atomic mass is 16.5. The van der Waals surface area contributed by atoms with E-state index in [2.05, 4.69) is 10.2 Å². The van der Waals surface area contributed by atoms with Gasteiger partial charge in [0.1, 0.15) is 22.9 Å². The summed E-state index contributed by atoms with van der Waals surface area (Å²) in [6.07, 6.45) is 1.64. The van der Waals surface area contributed by atoms with Gasteiger partial charge in [0.25, 0.3) is 0 Å². The normalized spacial score (nSPS) is 10.3. The van der Waals surface area contributed by atoms with Crippen LogP contribution in [0.25, 0.3) is 11.3 Å². The summed E-state index contributed by atoms with van der Waals surface area (Å²) in [6, 6.07) is 15.2. The first-order chi connectivity index (χ1) is 10.8. The molecule has 3 aromatic rings. The molecule has 112 valence electrons. The van der Waals surface area contributed by atoms with Gasteiger partial charge in [-0.15, -0.1) is 0 Å². The topological polar surface area (TPSA) is 56.4 Å². The minimum atomic E-state index is 0.634. The molecule has 0 saturated heterocycles. The molecule has 0 amide bonds. The van der Waals surface area contributed by atoms with Crippen LogP contribution in [0.1, 0.15) is 0 Å². The summed E-state index contributed by atoms with van der Waals surface area (Å²) in [5.41, 5.74) is 1.61. The Kier molecular flexibility index (Phi) is 3.96. The monoisotopic (exact) mass is 296 g/mol. The zero-order valence-electron chi connectivity index (χ0n) is 12.4. The molecule has 0 spiro atoms. The third-order valence-corrected chi connectivity index (χ3v) is 3.25. The highest BCUT2D eigenvalue weighted by Gasteiger charge is 2.15. The highest BCUT2D eigenvalue weighted by molar-refractivity contribution is 5.73. The fraction of sp³-hybridized carbons (Fsp3) is 0.118. The SMILES string of the molecule is COc1ccc(-c2[nH]ncc2Oc2ccccc2)c(OC)c1. The standard InChI is InChI=1S/C17H16N2O3/c1-20-13-8-9-14(15(10-13)21-2)17-16(11-18-19-17)22-12-6-4-3-5-7-12/h3-11H,1-2H3,(H,18,19). The number of H-pyrrole nitrogens is 1. The van der Waals surface area contributed by atoms with Crippen LogP contribution in [0.15, 0.2) is 54.7 Å². The van der Waals surface area contributed by atoms with Crippen molar-refractivity contribution in [1.82, 2.24) is 10.2 Å². The molecule has 0 bridgehead atoms. The van der Waals surface area contributed by atoms with Gasteiger partial charge in [-0.25, -0.2) is 0 Å². The van der Waals surface area contributed by atoms with Gasteiger partial charge in [0.15, 0.2) is 5.75 Å². The lowest BCUT2D eigenvalue weighted by Gasteiger charge is -2.11. The summed E-state index contributed by atoms with van der Waals surface area (Å²) in [6.45, 7) is 0. The molecule has 0 saturated carbocycles. The van der Waals surface area contributed by atoms with Gasteiger partial charge in [0.2, 0.25) is 0 Å². The van der Waals surface area contributed by atoms with Crippen molar-refractivity contribution in [2.24, 2.45) is 0 Å². The van der Waals surface area contributed by atoms with Crippen molar-refractivity contribution in [1.29, 1.82) is 0 Å². The maximum Gasteiger partial charge on any atom is 0.173 e. The van der Waals surface area contributed by atoms with E-state index in [4.69, 9.17) is 14.2 Å². The summed E-state index contributed by atoms with van der Waals surface area (Å²) in [5, 5.41) is 7.03. The third kappa shape index (κ3) is 2.74. The molecule has 2 aromatic carbocycles. The van der Waals surface area contributed by atoms with E-state index in [0.717, 1.165) is 22.8 Å². The zero-order chi connectivity index (χ0) is 15.4.